The lowest BCUT2D eigenvalue weighted by molar-refractivity contribution is 0.156. The van der Waals surface area contributed by atoms with Crippen molar-refractivity contribution >= 4 is 29.9 Å². The molecule has 1 spiro atoms. The zero-order chi connectivity index (χ0) is 17.7. The Kier molecular flexibility index (Phi) is 8.94. The Bertz CT molecular complexity index is 451. The quantitative estimate of drug-likeness (QED) is 0.375. The molecule has 152 valence electrons. The first-order valence-electron chi connectivity index (χ1n) is 10.4. The van der Waals surface area contributed by atoms with Gasteiger partial charge >= 0.3 is 0 Å². The van der Waals surface area contributed by atoms with Crippen molar-refractivity contribution in [1.29, 1.82) is 0 Å². The fourth-order valence-corrected chi connectivity index (χ4v) is 4.71. The lowest BCUT2D eigenvalue weighted by Gasteiger charge is -2.33. The number of rotatable bonds is 5. The molecule has 3 saturated heterocycles. The fraction of sp³-hybridized carbons (Fsp3) is 0.950. The van der Waals surface area contributed by atoms with Crippen LogP contribution in [0.15, 0.2) is 4.99 Å². The van der Waals surface area contributed by atoms with Gasteiger partial charge in [-0.25, -0.2) is 0 Å². The van der Waals surface area contributed by atoms with Crippen molar-refractivity contribution in [3.8, 4) is 0 Å². The molecule has 0 amide bonds. The summed E-state index contributed by atoms with van der Waals surface area (Å²) in [5, 5.41) is 3.54. The molecule has 0 aromatic carbocycles. The number of piperidine rings is 1. The minimum absolute atomic E-state index is 0. The number of hydrogen-bond acceptors (Lipinski definition) is 3. The minimum atomic E-state index is 0. The van der Waals surface area contributed by atoms with E-state index < -0.39 is 0 Å². The molecule has 3 aliphatic heterocycles. The van der Waals surface area contributed by atoms with E-state index in [0.29, 0.717) is 11.3 Å². The Balaban J connectivity index is 0.00000243. The van der Waals surface area contributed by atoms with Gasteiger partial charge < -0.3 is 19.9 Å². The predicted octanol–water partition coefficient (Wildman–Crippen LogP) is 3.05. The maximum absolute atomic E-state index is 5.68. The van der Waals surface area contributed by atoms with E-state index in [1.165, 1.54) is 45.3 Å². The van der Waals surface area contributed by atoms with E-state index in [1.54, 1.807) is 0 Å². The number of hydrogen-bond donors (Lipinski definition) is 1. The SMILES string of the molecule is CCNC(=NCC1CCCN(CC(C)C)C1)N1CCC2(CCOC2)C1.I. The highest BCUT2D eigenvalue weighted by molar-refractivity contribution is 14.0. The van der Waals surface area contributed by atoms with Gasteiger partial charge in [-0.3, -0.25) is 4.99 Å². The Morgan fingerprint density at radius 2 is 2.15 bits per heavy atom. The summed E-state index contributed by atoms with van der Waals surface area (Å²) >= 11 is 0. The molecule has 0 bridgehead atoms. The van der Waals surface area contributed by atoms with Crippen molar-refractivity contribution in [2.24, 2.45) is 22.2 Å². The van der Waals surface area contributed by atoms with Crippen LogP contribution in [0, 0.1) is 17.3 Å². The van der Waals surface area contributed by atoms with E-state index in [2.05, 4.69) is 35.9 Å². The Labute approximate surface area is 177 Å². The van der Waals surface area contributed by atoms with Gasteiger partial charge in [0.15, 0.2) is 5.96 Å². The lowest BCUT2D eigenvalue weighted by atomic mass is 9.87. The maximum Gasteiger partial charge on any atom is 0.193 e. The van der Waals surface area contributed by atoms with E-state index in [9.17, 15) is 0 Å². The number of guanidine groups is 1. The largest absolute Gasteiger partial charge is 0.381 e. The molecule has 26 heavy (non-hydrogen) atoms. The monoisotopic (exact) mass is 478 g/mol. The topological polar surface area (TPSA) is 40.1 Å². The summed E-state index contributed by atoms with van der Waals surface area (Å²) in [5.41, 5.74) is 0.398. The van der Waals surface area contributed by atoms with Gasteiger partial charge in [0.05, 0.1) is 6.61 Å². The highest BCUT2D eigenvalue weighted by atomic mass is 127. The van der Waals surface area contributed by atoms with Crippen molar-refractivity contribution in [3.05, 3.63) is 0 Å². The molecule has 5 nitrogen and oxygen atoms in total. The van der Waals surface area contributed by atoms with Crippen molar-refractivity contribution in [2.45, 2.75) is 46.5 Å². The zero-order valence-corrected chi connectivity index (χ0v) is 19.3. The summed E-state index contributed by atoms with van der Waals surface area (Å²) in [6.07, 6.45) is 5.13. The Morgan fingerprint density at radius 3 is 2.85 bits per heavy atom. The van der Waals surface area contributed by atoms with E-state index in [1.807, 2.05) is 0 Å². The van der Waals surface area contributed by atoms with Gasteiger partial charge in [0.1, 0.15) is 0 Å². The molecule has 0 aliphatic carbocycles. The number of nitrogens with zero attached hydrogens (tertiary/aromatic N) is 3. The van der Waals surface area contributed by atoms with Crippen LogP contribution in [0.2, 0.25) is 0 Å². The van der Waals surface area contributed by atoms with Gasteiger partial charge in [-0.2, -0.15) is 0 Å². The molecule has 0 aromatic rings. The molecule has 3 aliphatic rings. The van der Waals surface area contributed by atoms with Crippen LogP contribution in [0.3, 0.4) is 0 Å². The van der Waals surface area contributed by atoms with Crippen molar-refractivity contribution in [2.75, 3.05) is 59.0 Å². The highest BCUT2D eigenvalue weighted by Crippen LogP contribution is 2.38. The summed E-state index contributed by atoms with van der Waals surface area (Å²) in [7, 11) is 0. The standard InChI is InChI=1S/C20H38N4O.HI/c1-4-21-19(24-10-7-20(15-24)8-11-25-16-20)22-12-18-6-5-9-23(14-18)13-17(2)3;/h17-18H,4-16H2,1-3H3,(H,21,22);1H. The van der Waals surface area contributed by atoms with Crippen molar-refractivity contribution < 1.29 is 4.74 Å². The van der Waals surface area contributed by atoms with Crippen LogP contribution in [0.1, 0.15) is 46.5 Å². The van der Waals surface area contributed by atoms with Crippen LogP contribution in [0.4, 0.5) is 0 Å². The summed E-state index contributed by atoms with van der Waals surface area (Å²) in [4.78, 5) is 10.2. The van der Waals surface area contributed by atoms with Crippen molar-refractivity contribution in [1.82, 2.24) is 15.1 Å². The summed E-state index contributed by atoms with van der Waals surface area (Å²) in [6.45, 7) is 16.6. The molecule has 3 heterocycles. The first kappa shape index (κ1) is 22.2. The van der Waals surface area contributed by atoms with Gasteiger partial charge in [-0.15, -0.1) is 24.0 Å². The average Bonchev–Trinajstić information content (AvgIpc) is 3.21. The molecule has 3 fully saturated rings. The van der Waals surface area contributed by atoms with E-state index in [4.69, 9.17) is 9.73 Å². The third kappa shape index (κ3) is 5.96. The molecule has 0 aromatic heterocycles. The minimum Gasteiger partial charge on any atom is -0.381 e. The number of likely N-dealkylation sites (tertiary alicyclic amines) is 2. The van der Waals surface area contributed by atoms with Crippen LogP contribution in [-0.4, -0.2) is 74.8 Å². The zero-order valence-electron chi connectivity index (χ0n) is 17.0. The molecule has 2 unspecified atom stereocenters. The molecule has 3 rings (SSSR count). The van der Waals surface area contributed by atoms with E-state index in [0.717, 1.165) is 51.3 Å². The second-order valence-corrected chi connectivity index (χ2v) is 8.83. The summed E-state index contributed by atoms with van der Waals surface area (Å²) in [6, 6.07) is 0. The van der Waals surface area contributed by atoms with Crippen LogP contribution in [0.25, 0.3) is 0 Å². The number of aliphatic imine (C=N–C) groups is 1. The van der Waals surface area contributed by atoms with Gasteiger partial charge in [0, 0.05) is 51.3 Å². The number of ether oxygens (including phenoxy) is 1. The molecule has 6 heteroatoms. The van der Waals surface area contributed by atoms with Crippen LogP contribution >= 0.6 is 24.0 Å². The van der Waals surface area contributed by atoms with Gasteiger partial charge in [0.2, 0.25) is 0 Å². The first-order chi connectivity index (χ1) is 12.1. The first-order valence-corrected chi connectivity index (χ1v) is 10.4. The fourth-order valence-electron chi connectivity index (χ4n) is 4.71. The molecular formula is C20H39IN4O. The normalized spacial score (nSPS) is 30.2. The number of nitrogens with one attached hydrogen (secondary N) is 1. The second kappa shape index (κ2) is 10.5. The lowest BCUT2D eigenvalue weighted by Crippen LogP contribution is -2.42. The Morgan fingerprint density at radius 1 is 1.31 bits per heavy atom. The van der Waals surface area contributed by atoms with Crippen molar-refractivity contribution in [3.63, 3.8) is 0 Å². The predicted molar refractivity (Wildman–Crippen MR) is 119 cm³/mol. The average molecular weight is 478 g/mol. The highest BCUT2D eigenvalue weighted by Gasteiger charge is 2.42. The van der Waals surface area contributed by atoms with Crippen LogP contribution < -0.4 is 5.32 Å². The smallest absolute Gasteiger partial charge is 0.193 e. The second-order valence-electron chi connectivity index (χ2n) is 8.83. The maximum atomic E-state index is 5.68. The summed E-state index contributed by atoms with van der Waals surface area (Å²) < 4.78 is 5.68. The van der Waals surface area contributed by atoms with Gasteiger partial charge in [-0.05, 0) is 51.0 Å². The van der Waals surface area contributed by atoms with Gasteiger partial charge in [0.25, 0.3) is 0 Å². The molecule has 2 atom stereocenters. The van der Waals surface area contributed by atoms with Gasteiger partial charge in [-0.1, -0.05) is 13.8 Å². The summed E-state index contributed by atoms with van der Waals surface area (Å²) in [5.74, 6) is 2.61. The number of halogens is 1. The van der Waals surface area contributed by atoms with Crippen LogP contribution in [0.5, 0.6) is 0 Å². The van der Waals surface area contributed by atoms with E-state index >= 15 is 0 Å². The molecule has 1 N–H and O–H groups in total. The molecule has 0 saturated carbocycles. The third-order valence-corrected chi connectivity index (χ3v) is 5.98. The van der Waals surface area contributed by atoms with E-state index in [-0.39, 0.29) is 24.0 Å². The Hall–Kier alpha value is -0.0800. The third-order valence-electron chi connectivity index (χ3n) is 5.98. The molecular weight excluding hydrogens is 439 g/mol. The van der Waals surface area contributed by atoms with Crippen LogP contribution in [-0.2, 0) is 4.74 Å². The molecule has 0 radical (unpaired) electrons.